The van der Waals surface area contributed by atoms with E-state index >= 15 is 0 Å². The first-order valence-corrected chi connectivity index (χ1v) is 10.7. The molecular formula is C24H28N2O6. The van der Waals surface area contributed by atoms with E-state index in [0.29, 0.717) is 12.8 Å². The quantitative estimate of drug-likeness (QED) is 0.475. The van der Waals surface area contributed by atoms with E-state index in [1.54, 1.807) is 0 Å². The molecule has 0 heterocycles. The third-order valence-corrected chi connectivity index (χ3v) is 5.58. The van der Waals surface area contributed by atoms with Crippen molar-refractivity contribution < 1.29 is 29.3 Å². The number of carbonyl (C=O) groups excluding carboxylic acids is 2. The maximum Gasteiger partial charge on any atom is 0.407 e. The van der Waals surface area contributed by atoms with Gasteiger partial charge in [-0.15, -0.1) is 0 Å². The molecule has 8 nitrogen and oxygen atoms in total. The Morgan fingerprint density at radius 3 is 2.06 bits per heavy atom. The fourth-order valence-corrected chi connectivity index (χ4v) is 3.98. The van der Waals surface area contributed by atoms with Crippen LogP contribution >= 0.6 is 0 Å². The highest BCUT2D eigenvalue weighted by atomic mass is 16.5. The van der Waals surface area contributed by atoms with E-state index in [0.717, 1.165) is 22.3 Å². The second-order valence-electron chi connectivity index (χ2n) is 7.88. The van der Waals surface area contributed by atoms with Crippen molar-refractivity contribution in [2.75, 3.05) is 6.61 Å². The van der Waals surface area contributed by atoms with Gasteiger partial charge in [0.15, 0.2) is 6.04 Å². The van der Waals surface area contributed by atoms with Crippen molar-refractivity contribution >= 4 is 18.0 Å². The molecule has 1 aliphatic rings. The van der Waals surface area contributed by atoms with Gasteiger partial charge in [0.05, 0.1) is 6.10 Å². The molecule has 2 aromatic rings. The van der Waals surface area contributed by atoms with Crippen molar-refractivity contribution in [3.8, 4) is 11.1 Å². The summed E-state index contributed by atoms with van der Waals surface area (Å²) in [6.45, 7) is 3.21. The van der Waals surface area contributed by atoms with Crippen molar-refractivity contribution in [2.45, 2.75) is 50.8 Å². The molecule has 0 aliphatic heterocycles. The van der Waals surface area contributed by atoms with E-state index < -0.39 is 36.2 Å². The number of aliphatic hydroxyl groups excluding tert-OH is 1. The van der Waals surface area contributed by atoms with Gasteiger partial charge < -0.3 is 25.6 Å². The van der Waals surface area contributed by atoms with E-state index in [1.165, 1.54) is 6.92 Å². The van der Waals surface area contributed by atoms with Gasteiger partial charge in [-0.3, -0.25) is 4.79 Å². The number of carboxylic acid groups (broad SMARTS) is 1. The molecule has 1 aliphatic carbocycles. The average molecular weight is 440 g/mol. The minimum absolute atomic E-state index is 0.103. The minimum Gasteiger partial charge on any atom is -0.480 e. The Morgan fingerprint density at radius 1 is 1.00 bits per heavy atom. The number of hydrogen-bond acceptors (Lipinski definition) is 5. The molecule has 0 fully saturated rings. The van der Waals surface area contributed by atoms with Gasteiger partial charge in [0, 0.05) is 5.92 Å². The van der Waals surface area contributed by atoms with Crippen molar-refractivity contribution in [3.05, 3.63) is 59.7 Å². The lowest BCUT2D eigenvalue weighted by Crippen LogP contribution is -2.54. The number of nitrogens with one attached hydrogen (secondary N) is 2. The Hall–Kier alpha value is -3.39. The molecule has 0 aromatic heterocycles. The van der Waals surface area contributed by atoms with Gasteiger partial charge in [-0.2, -0.15) is 0 Å². The number of amides is 2. The SMILES string of the molecule is CCC[C@H](NC(=O)OCC1c2ccccc2-c2ccccc21)C(=O)N[C@H](C(=O)O)[C@@H](C)O. The van der Waals surface area contributed by atoms with Gasteiger partial charge in [-0.05, 0) is 35.6 Å². The maximum atomic E-state index is 12.5. The van der Waals surface area contributed by atoms with Crippen LogP contribution in [-0.4, -0.2) is 53.0 Å². The normalized spacial score (nSPS) is 15.1. The molecular weight excluding hydrogens is 412 g/mol. The van der Waals surface area contributed by atoms with Crippen LogP contribution in [0.4, 0.5) is 4.79 Å². The lowest BCUT2D eigenvalue weighted by molar-refractivity contribution is -0.145. The zero-order valence-corrected chi connectivity index (χ0v) is 18.1. The second-order valence-corrected chi connectivity index (χ2v) is 7.88. The molecule has 0 saturated heterocycles. The number of rotatable bonds is 9. The average Bonchev–Trinajstić information content (AvgIpc) is 3.09. The third kappa shape index (κ3) is 5.08. The molecule has 2 aromatic carbocycles. The molecule has 0 spiro atoms. The van der Waals surface area contributed by atoms with Gasteiger partial charge in [-0.1, -0.05) is 61.9 Å². The zero-order valence-electron chi connectivity index (χ0n) is 18.1. The van der Waals surface area contributed by atoms with Crippen LogP contribution in [0.25, 0.3) is 11.1 Å². The Kier molecular flexibility index (Phi) is 7.48. The Bertz CT molecular complexity index is 944. The van der Waals surface area contributed by atoms with Crippen LogP contribution in [0.15, 0.2) is 48.5 Å². The summed E-state index contributed by atoms with van der Waals surface area (Å²) >= 11 is 0. The van der Waals surface area contributed by atoms with E-state index in [-0.39, 0.29) is 12.5 Å². The number of benzene rings is 2. The monoisotopic (exact) mass is 440 g/mol. The first-order chi connectivity index (χ1) is 15.3. The summed E-state index contributed by atoms with van der Waals surface area (Å²) in [4.78, 5) is 36.3. The van der Waals surface area contributed by atoms with Gasteiger partial charge in [-0.25, -0.2) is 9.59 Å². The summed E-state index contributed by atoms with van der Waals surface area (Å²) in [5.41, 5.74) is 4.37. The predicted octanol–water partition coefficient (Wildman–Crippen LogP) is 2.64. The van der Waals surface area contributed by atoms with Crippen molar-refractivity contribution in [2.24, 2.45) is 0 Å². The fourth-order valence-electron chi connectivity index (χ4n) is 3.98. The van der Waals surface area contributed by atoms with Crippen molar-refractivity contribution in [1.82, 2.24) is 10.6 Å². The molecule has 0 bridgehead atoms. The summed E-state index contributed by atoms with van der Waals surface area (Å²) in [5.74, 6) is -2.16. The molecule has 3 rings (SSSR count). The summed E-state index contributed by atoms with van der Waals surface area (Å²) in [6.07, 6.45) is -1.17. The largest absolute Gasteiger partial charge is 0.480 e. The molecule has 2 amide bonds. The van der Waals surface area contributed by atoms with Crippen molar-refractivity contribution in [3.63, 3.8) is 0 Å². The third-order valence-electron chi connectivity index (χ3n) is 5.58. The van der Waals surface area contributed by atoms with Gasteiger partial charge in [0.2, 0.25) is 5.91 Å². The topological polar surface area (TPSA) is 125 Å². The van der Waals surface area contributed by atoms with E-state index in [4.69, 9.17) is 9.84 Å². The number of ether oxygens (including phenoxy) is 1. The molecule has 32 heavy (non-hydrogen) atoms. The molecule has 0 saturated carbocycles. The van der Waals surface area contributed by atoms with E-state index in [2.05, 4.69) is 10.6 Å². The lowest BCUT2D eigenvalue weighted by Gasteiger charge is -2.22. The van der Waals surface area contributed by atoms with Crippen LogP contribution in [0.1, 0.15) is 43.7 Å². The number of carboxylic acids is 1. The summed E-state index contributed by atoms with van der Waals surface area (Å²) < 4.78 is 5.47. The van der Waals surface area contributed by atoms with Crippen LogP contribution < -0.4 is 10.6 Å². The van der Waals surface area contributed by atoms with Gasteiger partial charge >= 0.3 is 12.1 Å². The molecule has 0 unspecified atom stereocenters. The predicted molar refractivity (Wildman–Crippen MR) is 118 cm³/mol. The molecule has 3 atom stereocenters. The zero-order chi connectivity index (χ0) is 23.3. The Morgan fingerprint density at radius 2 is 1.56 bits per heavy atom. The molecule has 0 radical (unpaired) electrons. The van der Waals surface area contributed by atoms with Crippen LogP contribution in [0, 0.1) is 0 Å². The van der Waals surface area contributed by atoms with Crippen LogP contribution in [-0.2, 0) is 14.3 Å². The maximum absolute atomic E-state index is 12.5. The van der Waals surface area contributed by atoms with E-state index in [1.807, 2.05) is 55.5 Å². The van der Waals surface area contributed by atoms with Crippen molar-refractivity contribution in [1.29, 1.82) is 0 Å². The highest BCUT2D eigenvalue weighted by Gasteiger charge is 2.31. The van der Waals surface area contributed by atoms with Gasteiger partial charge in [0.25, 0.3) is 0 Å². The smallest absolute Gasteiger partial charge is 0.407 e. The standard InChI is InChI=1S/C24H28N2O6/c1-3-8-20(22(28)26-21(14(2)27)23(29)30)25-24(31)32-13-19-17-11-6-4-9-15(17)16-10-5-7-12-18(16)19/h4-7,9-12,14,19-21,27H,3,8,13H2,1-2H3,(H,25,31)(H,26,28)(H,29,30)/t14-,20+,21+/m1/s1. The van der Waals surface area contributed by atoms with Crippen LogP contribution in [0.5, 0.6) is 0 Å². The molecule has 4 N–H and O–H groups in total. The fraction of sp³-hybridized carbons (Fsp3) is 0.375. The molecule has 8 heteroatoms. The molecule has 170 valence electrons. The van der Waals surface area contributed by atoms with Gasteiger partial charge in [0.1, 0.15) is 12.6 Å². The number of alkyl carbamates (subject to hydrolysis) is 1. The number of carbonyl (C=O) groups is 3. The Labute approximate surface area is 186 Å². The van der Waals surface area contributed by atoms with Crippen LogP contribution in [0.2, 0.25) is 0 Å². The Balaban J connectivity index is 1.65. The number of aliphatic carboxylic acids is 1. The first-order valence-electron chi connectivity index (χ1n) is 10.7. The summed E-state index contributed by atoms with van der Waals surface area (Å²) in [7, 11) is 0. The first kappa shape index (κ1) is 23.3. The highest BCUT2D eigenvalue weighted by Crippen LogP contribution is 2.44. The highest BCUT2D eigenvalue weighted by molar-refractivity contribution is 5.89. The number of hydrogen-bond donors (Lipinski definition) is 4. The van der Waals surface area contributed by atoms with Crippen LogP contribution in [0.3, 0.4) is 0 Å². The minimum atomic E-state index is -1.47. The summed E-state index contributed by atoms with van der Waals surface area (Å²) in [6, 6.07) is 13.5. The number of aliphatic hydroxyl groups is 1. The lowest BCUT2D eigenvalue weighted by atomic mass is 9.98. The van der Waals surface area contributed by atoms with E-state index in [9.17, 15) is 19.5 Å². The summed E-state index contributed by atoms with van der Waals surface area (Å²) in [5, 5.41) is 23.5. The number of fused-ring (bicyclic) bond motifs is 3. The second kappa shape index (κ2) is 10.3.